The molecule has 0 amide bonds. The van der Waals surface area contributed by atoms with E-state index in [1.165, 1.54) is 12.2 Å². The van der Waals surface area contributed by atoms with Crippen molar-refractivity contribution in [2.45, 2.75) is 32.2 Å². The van der Waals surface area contributed by atoms with Gasteiger partial charge in [0.15, 0.2) is 5.82 Å². The molecule has 1 aliphatic heterocycles. The Morgan fingerprint density at radius 1 is 1.67 bits per heavy atom. The number of nitrogens with two attached hydrogens (primary N) is 1. The van der Waals surface area contributed by atoms with Crippen molar-refractivity contribution in [2.75, 3.05) is 11.5 Å². The molecule has 2 N–H and O–H groups in total. The highest BCUT2D eigenvalue weighted by molar-refractivity contribution is 7.99. The van der Waals surface area contributed by atoms with E-state index in [9.17, 15) is 0 Å². The molecule has 4 nitrogen and oxygen atoms in total. The van der Waals surface area contributed by atoms with Gasteiger partial charge in [-0.2, -0.15) is 16.7 Å². The average Bonchev–Trinajstić information content (AvgIpc) is 2.87. The van der Waals surface area contributed by atoms with Gasteiger partial charge in [-0.05, 0) is 30.3 Å². The van der Waals surface area contributed by atoms with Crippen molar-refractivity contribution in [2.24, 2.45) is 11.7 Å². The minimum absolute atomic E-state index is 0.0469. The van der Waals surface area contributed by atoms with Gasteiger partial charge in [0.25, 0.3) is 0 Å². The lowest BCUT2D eigenvalue weighted by molar-refractivity contribution is 0.360. The Bertz CT molecular complexity index is 309. The zero-order chi connectivity index (χ0) is 10.7. The van der Waals surface area contributed by atoms with Crippen LogP contribution < -0.4 is 5.73 Å². The summed E-state index contributed by atoms with van der Waals surface area (Å²) in [5.41, 5.74) is 6.11. The third-order valence-electron chi connectivity index (χ3n) is 2.72. The number of thioether (sulfide) groups is 1. The summed E-state index contributed by atoms with van der Waals surface area (Å²) in [4.78, 5) is 4.33. The van der Waals surface area contributed by atoms with Crippen molar-refractivity contribution >= 4 is 11.8 Å². The highest BCUT2D eigenvalue weighted by Crippen LogP contribution is 2.31. The molecule has 2 atom stereocenters. The van der Waals surface area contributed by atoms with E-state index in [1.54, 1.807) is 0 Å². The third-order valence-corrected chi connectivity index (χ3v) is 3.91. The first-order chi connectivity index (χ1) is 7.31. The second-order valence-electron chi connectivity index (χ2n) is 3.95. The van der Waals surface area contributed by atoms with Gasteiger partial charge in [0, 0.05) is 6.42 Å². The van der Waals surface area contributed by atoms with Crippen LogP contribution in [0.3, 0.4) is 0 Å². The van der Waals surface area contributed by atoms with E-state index >= 15 is 0 Å². The molecule has 1 aromatic heterocycles. The van der Waals surface area contributed by atoms with E-state index in [-0.39, 0.29) is 6.04 Å². The Morgan fingerprint density at radius 3 is 3.20 bits per heavy atom. The molecule has 5 heteroatoms. The fourth-order valence-electron chi connectivity index (χ4n) is 1.77. The molecule has 1 aromatic rings. The highest BCUT2D eigenvalue weighted by atomic mass is 32.2. The van der Waals surface area contributed by atoms with Crippen molar-refractivity contribution in [3.8, 4) is 0 Å². The molecule has 2 unspecified atom stereocenters. The molecule has 1 fully saturated rings. The predicted molar refractivity (Wildman–Crippen MR) is 60.7 cm³/mol. The smallest absolute Gasteiger partial charge is 0.226 e. The van der Waals surface area contributed by atoms with Crippen LogP contribution >= 0.6 is 11.8 Å². The number of aryl methyl sites for hydroxylation is 1. The summed E-state index contributed by atoms with van der Waals surface area (Å²) in [6, 6.07) is -0.0469. The van der Waals surface area contributed by atoms with E-state index in [4.69, 9.17) is 10.3 Å². The van der Waals surface area contributed by atoms with Crippen LogP contribution in [0.4, 0.5) is 0 Å². The largest absolute Gasteiger partial charge is 0.339 e. The van der Waals surface area contributed by atoms with Gasteiger partial charge in [-0.25, -0.2) is 0 Å². The lowest BCUT2D eigenvalue weighted by atomic mass is 10.00. The fourth-order valence-corrected chi connectivity index (χ4v) is 3.08. The van der Waals surface area contributed by atoms with Gasteiger partial charge < -0.3 is 10.3 Å². The molecular weight excluding hydrogens is 210 g/mol. The summed E-state index contributed by atoms with van der Waals surface area (Å²) >= 11 is 1.96. The molecule has 0 aromatic carbocycles. The Balaban J connectivity index is 2.00. The van der Waals surface area contributed by atoms with Gasteiger partial charge in [0.05, 0.1) is 6.04 Å². The molecule has 1 saturated heterocycles. The van der Waals surface area contributed by atoms with Crippen LogP contribution in [-0.4, -0.2) is 21.6 Å². The minimum atomic E-state index is -0.0469. The molecule has 0 saturated carbocycles. The van der Waals surface area contributed by atoms with Crippen LogP contribution in [0.25, 0.3) is 0 Å². The summed E-state index contributed by atoms with van der Waals surface area (Å²) in [6.07, 6.45) is 3.04. The van der Waals surface area contributed by atoms with Gasteiger partial charge in [0.1, 0.15) is 0 Å². The van der Waals surface area contributed by atoms with Crippen molar-refractivity contribution in [1.82, 2.24) is 10.1 Å². The second-order valence-corrected chi connectivity index (χ2v) is 5.10. The zero-order valence-electron chi connectivity index (χ0n) is 8.98. The summed E-state index contributed by atoms with van der Waals surface area (Å²) in [5.74, 6) is 4.25. The van der Waals surface area contributed by atoms with Crippen LogP contribution in [-0.2, 0) is 6.42 Å². The van der Waals surface area contributed by atoms with Crippen molar-refractivity contribution in [3.63, 3.8) is 0 Å². The molecule has 0 aliphatic carbocycles. The average molecular weight is 227 g/mol. The van der Waals surface area contributed by atoms with Gasteiger partial charge in [-0.1, -0.05) is 12.1 Å². The number of hydrogen-bond acceptors (Lipinski definition) is 5. The molecule has 0 bridgehead atoms. The maximum absolute atomic E-state index is 6.11. The lowest BCUT2D eigenvalue weighted by Gasteiger charge is -2.13. The van der Waals surface area contributed by atoms with E-state index in [1.807, 2.05) is 11.8 Å². The van der Waals surface area contributed by atoms with Crippen LogP contribution in [0.5, 0.6) is 0 Å². The van der Waals surface area contributed by atoms with E-state index < -0.39 is 0 Å². The molecule has 15 heavy (non-hydrogen) atoms. The number of nitrogens with zero attached hydrogens (tertiary/aromatic N) is 2. The van der Waals surface area contributed by atoms with Crippen LogP contribution in [0.15, 0.2) is 4.52 Å². The van der Waals surface area contributed by atoms with Gasteiger partial charge in [-0.15, -0.1) is 0 Å². The van der Waals surface area contributed by atoms with Crippen molar-refractivity contribution in [3.05, 3.63) is 11.7 Å². The number of rotatable bonds is 4. The Morgan fingerprint density at radius 2 is 2.53 bits per heavy atom. The lowest BCUT2D eigenvalue weighted by Crippen LogP contribution is -2.22. The molecule has 0 spiro atoms. The maximum Gasteiger partial charge on any atom is 0.226 e. The molecule has 84 valence electrons. The number of hydrogen-bond donors (Lipinski definition) is 1. The van der Waals surface area contributed by atoms with Crippen LogP contribution in [0, 0.1) is 5.92 Å². The maximum atomic E-state index is 6.11. The van der Waals surface area contributed by atoms with Crippen molar-refractivity contribution in [1.29, 1.82) is 0 Å². The predicted octanol–water partition coefficient (Wildman–Crippen LogP) is 1.77. The first-order valence-electron chi connectivity index (χ1n) is 5.47. The minimum Gasteiger partial charge on any atom is -0.339 e. The monoisotopic (exact) mass is 227 g/mol. The Hall–Kier alpha value is -0.550. The van der Waals surface area contributed by atoms with Gasteiger partial charge in [-0.3, -0.25) is 0 Å². The van der Waals surface area contributed by atoms with Crippen LogP contribution in [0.2, 0.25) is 0 Å². The summed E-state index contributed by atoms with van der Waals surface area (Å²) in [5, 5.41) is 3.96. The first kappa shape index (κ1) is 11.0. The Labute approximate surface area is 94.0 Å². The summed E-state index contributed by atoms with van der Waals surface area (Å²) in [7, 11) is 0. The second kappa shape index (κ2) is 4.99. The summed E-state index contributed by atoms with van der Waals surface area (Å²) in [6.45, 7) is 2.09. The summed E-state index contributed by atoms with van der Waals surface area (Å²) < 4.78 is 5.14. The SMILES string of the molecule is CCCc1nc(C(N)C2CCSC2)no1. The Kier molecular flexibility index (Phi) is 3.64. The van der Waals surface area contributed by atoms with Gasteiger partial charge in [0.2, 0.25) is 5.89 Å². The zero-order valence-corrected chi connectivity index (χ0v) is 9.80. The molecule has 2 heterocycles. The van der Waals surface area contributed by atoms with Crippen molar-refractivity contribution < 1.29 is 4.52 Å². The quantitative estimate of drug-likeness (QED) is 0.849. The number of aromatic nitrogens is 2. The van der Waals surface area contributed by atoms with Crippen LogP contribution in [0.1, 0.15) is 37.5 Å². The fraction of sp³-hybridized carbons (Fsp3) is 0.800. The van der Waals surface area contributed by atoms with E-state index in [0.29, 0.717) is 17.6 Å². The molecule has 0 radical (unpaired) electrons. The first-order valence-corrected chi connectivity index (χ1v) is 6.62. The highest BCUT2D eigenvalue weighted by Gasteiger charge is 2.27. The topological polar surface area (TPSA) is 64.9 Å². The molecule has 1 aliphatic rings. The molecular formula is C10H17N3OS. The van der Waals surface area contributed by atoms with E-state index in [0.717, 1.165) is 18.6 Å². The van der Waals surface area contributed by atoms with Gasteiger partial charge >= 0.3 is 0 Å². The normalized spacial score (nSPS) is 23.2. The third kappa shape index (κ3) is 2.52. The standard InChI is InChI=1S/C10H17N3OS/c1-2-3-8-12-10(13-14-8)9(11)7-4-5-15-6-7/h7,9H,2-6,11H2,1H3. The van der Waals surface area contributed by atoms with E-state index in [2.05, 4.69) is 17.1 Å². The molecule has 2 rings (SSSR count).